The van der Waals surface area contributed by atoms with Crippen molar-refractivity contribution in [1.29, 1.82) is 0 Å². The Labute approximate surface area is 115 Å². The van der Waals surface area contributed by atoms with Gasteiger partial charge in [0.1, 0.15) is 11.6 Å². The molecule has 1 N–H and O–H groups in total. The molecule has 0 atom stereocenters. The lowest BCUT2D eigenvalue weighted by molar-refractivity contribution is 0.305. The summed E-state index contributed by atoms with van der Waals surface area (Å²) in [5.74, 6) is 1.77. The average molecular weight is 258 g/mol. The van der Waals surface area contributed by atoms with E-state index in [4.69, 9.17) is 4.74 Å². The van der Waals surface area contributed by atoms with Crippen molar-refractivity contribution < 1.29 is 4.74 Å². The molecule has 3 nitrogen and oxygen atoms in total. The second kappa shape index (κ2) is 7.62. The minimum absolute atomic E-state index is 0.779. The van der Waals surface area contributed by atoms with Crippen molar-refractivity contribution in [1.82, 2.24) is 9.97 Å². The molecule has 19 heavy (non-hydrogen) atoms. The number of hydrogen-bond donors (Lipinski definition) is 1. The van der Waals surface area contributed by atoms with Gasteiger partial charge in [0.25, 0.3) is 0 Å². The van der Waals surface area contributed by atoms with E-state index in [1.54, 1.807) is 6.20 Å². The highest BCUT2D eigenvalue weighted by Gasteiger charge is 2.07. The van der Waals surface area contributed by atoms with E-state index in [9.17, 15) is 0 Å². The van der Waals surface area contributed by atoms with Crippen LogP contribution in [0.25, 0.3) is 11.4 Å². The summed E-state index contributed by atoms with van der Waals surface area (Å²) in [6, 6.07) is 8.04. The van der Waals surface area contributed by atoms with Gasteiger partial charge in [0.15, 0.2) is 0 Å². The molecule has 3 heteroatoms. The van der Waals surface area contributed by atoms with Gasteiger partial charge >= 0.3 is 0 Å². The van der Waals surface area contributed by atoms with Crippen LogP contribution in [-0.2, 0) is 0 Å². The molecular weight excluding hydrogens is 236 g/mol. The first-order valence-corrected chi connectivity index (χ1v) is 7.13. The second-order valence-electron chi connectivity index (χ2n) is 4.70. The van der Waals surface area contributed by atoms with E-state index in [1.165, 1.54) is 25.7 Å². The van der Waals surface area contributed by atoms with Crippen LogP contribution in [0.3, 0.4) is 0 Å². The minimum Gasteiger partial charge on any atom is -0.493 e. The van der Waals surface area contributed by atoms with Gasteiger partial charge in [-0.3, -0.25) is 0 Å². The summed E-state index contributed by atoms with van der Waals surface area (Å²) in [4.78, 5) is 7.40. The standard InChI is InChI=1S/C16H22N2O/c1-2-3-4-5-8-13-19-15-10-7-6-9-14(15)16-17-11-12-18-16/h6-7,9-12H,2-5,8,13H2,1H3,(H,17,18). The molecule has 1 heterocycles. The minimum atomic E-state index is 0.779. The van der Waals surface area contributed by atoms with E-state index >= 15 is 0 Å². The second-order valence-corrected chi connectivity index (χ2v) is 4.70. The summed E-state index contributed by atoms with van der Waals surface area (Å²) in [5.41, 5.74) is 1.03. The maximum Gasteiger partial charge on any atom is 0.141 e. The molecule has 1 aromatic carbocycles. The van der Waals surface area contributed by atoms with E-state index < -0.39 is 0 Å². The van der Waals surface area contributed by atoms with Gasteiger partial charge in [-0.2, -0.15) is 0 Å². The molecule has 0 aliphatic heterocycles. The van der Waals surface area contributed by atoms with Gasteiger partial charge in [0, 0.05) is 12.4 Å². The molecule has 0 saturated carbocycles. The van der Waals surface area contributed by atoms with Crippen molar-refractivity contribution in [2.24, 2.45) is 0 Å². The molecule has 1 aromatic heterocycles. The van der Waals surface area contributed by atoms with Crippen molar-refractivity contribution >= 4 is 0 Å². The highest BCUT2D eigenvalue weighted by atomic mass is 16.5. The number of aromatic amines is 1. The predicted octanol–water partition coefficient (Wildman–Crippen LogP) is 4.43. The molecule has 0 radical (unpaired) electrons. The molecule has 0 fully saturated rings. The van der Waals surface area contributed by atoms with Crippen LogP contribution in [0.4, 0.5) is 0 Å². The van der Waals surface area contributed by atoms with Gasteiger partial charge in [-0.1, -0.05) is 44.7 Å². The number of para-hydroxylation sites is 1. The van der Waals surface area contributed by atoms with Crippen molar-refractivity contribution in [3.05, 3.63) is 36.7 Å². The van der Waals surface area contributed by atoms with Crippen LogP contribution in [-0.4, -0.2) is 16.6 Å². The Kier molecular flexibility index (Phi) is 5.48. The third-order valence-corrected chi connectivity index (χ3v) is 3.15. The Morgan fingerprint density at radius 1 is 1.11 bits per heavy atom. The Morgan fingerprint density at radius 2 is 1.95 bits per heavy atom. The number of H-pyrrole nitrogens is 1. The van der Waals surface area contributed by atoms with Crippen LogP contribution in [0.5, 0.6) is 5.75 Å². The van der Waals surface area contributed by atoms with Crippen LogP contribution in [0.1, 0.15) is 39.0 Å². The van der Waals surface area contributed by atoms with Crippen LogP contribution < -0.4 is 4.74 Å². The van der Waals surface area contributed by atoms with Gasteiger partial charge in [-0.05, 0) is 18.6 Å². The lowest BCUT2D eigenvalue weighted by atomic mass is 10.1. The molecule has 0 aliphatic carbocycles. The molecule has 0 bridgehead atoms. The third-order valence-electron chi connectivity index (χ3n) is 3.15. The summed E-state index contributed by atoms with van der Waals surface area (Å²) < 4.78 is 5.88. The molecular formula is C16H22N2O. The Bertz CT molecular complexity index is 465. The van der Waals surface area contributed by atoms with Crippen LogP contribution in [0, 0.1) is 0 Å². The molecule has 0 saturated heterocycles. The molecule has 0 unspecified atom stereocenters. The monoisotopic (exact) mass is 258 g/mol. The lowest BCUT2D eigenvalue weighted by Crippen LogP contribution is -1.99. The number of ether oxygens (including phenoxy) is 1. The first-order chi connectivity index (χ1) is 9.42. The lowest BCUT2D eigenvalue weighted by Gasteiger charge is -2.09. The summed E-state index contributed by atoms with van der Waals surface area (Å²) in [7, 11) is 0. The number of nitrogens with zero attached hydrogens (tertiary/aromatic N) is 1. The fourth-order valence-corrected chi connectivity index (χ4v) is 2.09. The zero-order valence-corrected chi connectivity index (χ0v) is 11.6. The van der Waals surface area contributed by atoms with E-state index in [1.807, 2.05) is 30.5 Å². The zero-order valence-electron chi connectivity index (χ0n) is 11.6. The van der Waals surface area contributed by atoms with E-state index in [-0.39, 0.29) is 0 Å². The van der Waals surface area contributed by atoms with Gasteiger partial charge in [0.05, 0.1) is 12.2 Å². The Morgan fingerprint density at radius 3 is 2.74 bits per heavy atom. The number of imidazole rings is 1. The van der Waals surface area contributed by atoms with Crippen LogP contribution in [0.2, 0.25) is 0 Å². The average Bonchev–Trinajstić information content (AvgIpc) is 2.97. The number of nitrogens with one attached hydrogen (secondary N) is 1. The maximum atomic E-state index is 5.88. The van der Waals surface area contributed by atoms with Gasteiger partial charge in [-0.25, -0.2) is 4.98 Å². The SMILES string of the molecule is CCCCCCCOc1ccccc1-c1ncc[nH]1. The third kappa shape index (κ3) is 4.12. The first-order valence-electron chi connectivity index (χ1n) is 7.13. The van der Waals surface area contributed by atoms with Crippen LogP contribution in [0.15, 0.2) is 36.7 Å². The summed E-state index contributed by atoms with van der Waals surface area (Å²) in [5, 5.41) is 0. The van der Waals surface area contributed by atoms with Gasteiger partial charge in [0.2, 0.25) is 0 Å². The largest absolute Gasteiger partial charge is 0.493 e. The molecule has 2 rings (SSSR count). The first kappa shape index (κ1) is 13.7. The van der Waals surface area contributed by atoms with E-state index in [0.29, 0.717) is 0 Å². The van der Waals surface area contributed by atoms with Gasteiger partial charge < -0.3 is 9.72 Å². The summed E-state index contributed by atoms with van der Waals surface area (Å²) in [6.45, 7) is 3.01. The number of hydrogen-bond acceptors (Lipinski definition) is 2. The molecule has 0 aliphatic rings. The number of unbranched alkanes of at least 4 members (excludes halogenated alkanes) is 4. The zero-order chi connectivity index (χ0) is 13.3. The highest BCUT2D eigenvalue weighted by Crippen LogP contribution is 2.27. The summed E-state index contributed by atoms with van der Waals surface area (Å²) >= 11 is 0. The van der Waals surface area contributed by atoms with Crippen molar-refractivity contribution in [2.75, 3.05) is 6.61 Å². The number of rotatable bonds is 8. The fourth-order valence-electron chi connectivity index (χ4n) is 2.09. The topological polar surface area (TPSA) is 37.9 Å². The smallest absolute Gasteiger partial charge is 0.141 e. The Hall–Kier alpha value is -1.77. The number of benzene rings is 1. The van der Waals surface area contributed by atoms with E-state index in [0.717, 1.165) is 30.2 Å². The summed E-state index contributed by atoms with van der Waals surface area (Å²) in [6.07, 6.45) is 9.86. The molecule has 0 spiro atoms. The normalized spacial score (nSPS) is 10.6. The number of aromatic nitrogens is 2. The van der Waals surface area contributed by atoms with Crippen molar-refractivity contribution in [3.63, 3.8) is 0 Å². The molecule has 102 valence electrons. The maximum absolute atomic E-state index is 5.88. The van der Waals surface area contributed by atoms with E-state index in [2.05, 4.69) is 16.9 Å². The quantitative estimate of drug-likeness (QED) is 0.711. The predicted molar refractivity (Wildman–Crippen MR) is 78.3 cm³/mol. The van der Waals surface area contributed by atoms with Crippen molar-refractivity contribution in [2.45, 2.75) is 39.0 Å². The molecule has 2 aromatic rings. The van der Waals surface area contributed by atoms with Crippen molar-refractivity contribution in [3.8, 4) is 17.1 Å². The highest BCUT2D eigenvalue weighted by molar-refractivity contribution is 5.63. The van der Waals surface area contributed by atoms with Gasteiger partial charge in [-0.15, -0.1) is 0 Å². The fraction of sp³-hybridized carbons (Fsp3) is 0.438. The van der Waals surface area contributed by atoms with Crippen LogP contribution >= 0.6 is 0 Å². The molecule has 0 amide bonds. The Balaban J connectivity index is 1.87.